The molecular formula is C16H25NO. The summed E-state index contributed by atoms with van der Waals surface area (Å²) in [5.41, 5.74) is 8.02. The molecule has 0 bridgehead atoms. The summed E-state index contributed by atoms with van der Waals surface area (Å²) in [7, 11) is 0. The Morgan fingerprint density at radius 2 is 1.89 bits per heavy atom. The highest BCUT2D eigenvalue weighted by Gasteiger charge is 2.23. The molecule has 18 heavy (non-hydrogen) atoms. The summed E-state index contributed by atoms with van der Waals surface area (Å²) >= 11 is 0. The summed E-state index contributed by atoms with van der Waals surface area (Å²) in [6, 6.07) is 8.33. The molecule has 0 heterocycles. The first-order valence-electron chi connectivity index (χ1n) is 7.20. The Morgan fingerprint density at radius 1 is 1.22 bits per heavy atom. The third kappa shape index (κ3) is 3.12. The molecule has 2 heteroatoms. The average Bonchev–Trinajstić information content (AvgIpc) is 2.46. The van der Waals surface area contributed by atoms with Crippen molar-refractivity contribution in [2.24, 2.45) is 11.7 Å². The normalized spacial score (nSPS) is 20.6. The largest absolute Gasteiger partial charge is 0.388 e. The van der Waals surface area contributed by atoms with Gasteiger partial charge < -0.3 is 10.8 Å². The second-order valence-corrected chi connectivity index (χ2v) is 5.65. The van der Waals surface area contributed by atoms with Gasteiger partial charge in [0.1, 0.15) is 0 Å². The van der Waals surface area contributed by atoms with Gasteiger partial charge >= 0.3 is 0 Å². The fourth-order valence-corrected chi connectivity index (χ4v) is 2.91. The Hall–Kier alpha value is -0.860. The Morgan fingerprint density at radius 3 is 2.56 bits per heavy atom. The lowest BCUT2D eigenvalue weighted by Crippen LogP contribution is -2.16. The van der Waals surface area contributed by atoms with E-state index in [0.717, 1.165) is 18.4 Å². The molecule has 0 aliphatic heterocycles. The number of rotatable bonds is 4. The monoisotopic (exact) mass is 247 g/mol. The predicted molar refractivity (Wildman–Crippen MR) is 75.4 cm³/mol. The Bertz CT molecular complexity index is 371. The van der Waals surface area contributed by atoms with Crippen molar-refractivity contribution in [2.75, 3.05) is 6.54 Å². The molecule has 2 nitrogen and oxygen atoms in total. The zero-order chi connectivity index (χ0) is 13.0. The van der Waals surface area contributed by atoms with E-state index in [9.17, 15) is 5.11 Å². The predicted octanol–water partition coefficient (Wildman–Crippen LogP) is 3.36. The molecule has 3 N–H and O–H groups in total. The minimum absolute atomic E-state index is 0.296. The van der Waals surface area contributed by atoms with Crippen LogP contribution < -0.4 is 5.73 Å². The van der Waals surface area contributed by atoms with E-state index in [0.29, 0.717) is 18.4 Å². The fourth-order valence-electron chi connectivity index (χ4n) is 2.91. The Balaban J connectivity index is 2.11. The van der Waals surface area contributed by atoms with Gasteiger partial charge in [-0.3, -0.25) is 0 Å². The molecule has 2 rings (SSSR count). The summed E-state index contributed by atoms with van der Waals surface area (Å²) in [6.07, 6.45) is 5.89. The van der Waals surface area contributed by atoms with E-state index >= 15 is 0 Å². The minimum atomic E-state index is -0.296. The number of hydrogen-bond donors (Lipinski definition) is 2. The summed E-state index contributed by atoms with van der Waals surface area (Å²) in [5, 5.41) is 10.5. The maximum Gasteiger partial charge on any atom is 0.0818 e. The SMILES string of the molecule is CC(CN)c1cccc(C(O)C2CCCCC2)c1. The highest BCUT2D eigenvalue weighted by atomic mass is 16.3. The van der Waals surface area contributed by atoms with Gasteiger partial charge in [0.2, 0.25) is 0 Å². The van der Waals surface area contributed by atoms with Crippen molar-refractivity contribution >= 4 is 0 Å². The van der Waals surface area contributed by atoms with Gasteiger partial charge in [-0.2, -0.15) is 0 Å². The van der Waals surface area contributed by atoms with Gasteiger partial charge in [-0.25, -0.2) is 0 Å². The highest BCUT2D eigenvalue weighted by molar-refractivity contribution is 5.28. The molecule has 1 saturated carbocycles. The molecule has 0 aromatic heterocycles. The standard InChI is InChI=1S/C16H25NO/c1-12(11-17)14-8-5-9-15(10-14)16(18)13-6-3-2-4-7-13/h5,8-10,12-13,16,18H,2-4,6-7,11,17H2,1H3. The molecule has 1 aromatic carbocycles. The number of benzene rings is 1. The Kier molecular flexibility index (Phi) is 4.79. The molecule has 1 aromatic rings. The maximum absolute atomic E-state index is 10.5. The topological polar surface area (TPSA) is 46.2 Å². The molecule has 0 spiro atoms. The van der Waals surface area contributed by atoms with E-state index in [-0.39, 0.29) is 6.10 Å². The van der Waals surface area contributed by atoms with Crippen LogP contribution in [0.3, 0.4) is 0 Å². The van der Waals surface area contributed by atoms with Crippen molar-refractivity contribution in [3.63, 3.8) is 0 Å². The van der Waals surface area contributed by atoms with Gasteiger partial charge in [-0.15, -0.1) is 0 Å². The van der Waals surface area contributed by atoms with Crippen molar-refractivity contribution < 1.29 is 5.11 Å². The van der Waals surface area contributed by atoms with Crippen molar-refractivity contribution in [1.82, 2.24) is 0 Å². The Labute approximate surface area is 110 Å². The van der Waals surface area contributed by atoms with Crippen LogP contribution in [-0.4, -0.2) is 11.7 Å². The molecule has 0 amide bonds. The molecule has 100 valence electrons. The smallest absolute Gasteiger partial charge is 0.0818 e. The highest BCUT2D eigenvalue weighted by Crippen LogP contribution is 2.34. The lowest BCUT2D eigenvalue weighted by atomic mass is 9.82. The summed E-state index contributed by atoms with van der Waals surface area (Å²) in [5.74, 6) is 0.811. The summed E-state index contributed by atoms with van der Waals surface area (Å²) in [4.78, 5) is 0. The summed E-state index contributed by atoms with van der Waals surface area (Å²) in [6.45, 7) is 2.79. The van der Waals surface area contributed by atoms with Crippen LogP contribution in [0.4, 0.5) is 0 Å². The number of aliphatic hydroxyl groups is 1. The zero-order valence-electron chi connectivity index (χ0n) is 11.3. The third-order valence-corrected chi connectivity index (χ3v) is 4.27. The number of hydrogen-bond acceptors (Lipinski definition) is 2. The van der Waals surface area contributed by atoms with Crippen LogP contribution in [0.25, 0.3) is 0 Å². The van der Waals surface area contributed by atoms with Crippen molar-refractivity contribution in [3.8, 4) is 0 Å². The van der Waals surface area contributed by atoms with Crippen LogP contribution in [0.2, 0.25) is 0 Å². The van der Waals surface area contributed by atoms with E-state index in [1.807, 2.05) is 12.1 Å². The molecule has 1 aliphatic carbocycles. The molecule has 1 aliphatic rings. The van der Waals surface area contributed by atoms with E-state index in [1.54, 1.807) is 0 Å². The van der Waals surface area contributed by atoms with E-state index in [4.69, 9.17) is 5.73 Å². The van der Waals surface area contributed by atoms with Crippen molar-refractivity contribution in [1.29, 1.82) is 0 Å². The van der Waals surface area contributed by atoms with E-state index in [2.05, 4.69) is 19.1 Å². The molecule has 0 radical (unpaired) electrons. The van der Waals surface area contributed by atoms with Gasteiger partial charge in [-0.05, 0) is 42.3 Å². The summed E-state index contributed by atoms with van der Waals surface area (Å²) < 4.78 is 0. The van der Waals surface area contributed by atoms with Crippen LogP contribution in [0, 0.1) is 5.92 Å². The third-order valence-electron chi connectivity index (χ3n) is 4.27. The van der Waals surface area contributed by atoms with Gasteiger partial charge in [0, 0.05) is 0 Å². The van der Waals surface area contributed by atoms with Gasteiger partial charge in [-0.1, -0.05) is 50.5 Å². The fraction of sp³-hybridized carbons (Fsp3) is 0.625. The number of nitrogens with two attached hydrogens (primary N) is 1. The van der Waals surface area contributed by atoms with E-state index in [1.165, 1.54) is 24.8 Å². The maximum atomic E-state index is 10.5. The van der Waals surface area contributed by atoms with Gasteiger partial charge in [0.05, 0.1) is 6.10 Å². The first-order valence-corrected chi connectivity index (χ1v) is 7.20. The molecule has 0 saturated heterocycles. The lowest BCUT2D eigenvalue weighted by Gasteiger charge is -2.27. The first kappa shape index (κ1) is 13.6. The van der Waals surface area contributed by atoms with Crippen LogP contribution in [0.5, 0.6) is 0 Å². The van der Waals surface area contributed by atoms with Gasteiger partial charge in [0.25, 0.3) is 0 Å². The van der Waals surface area contributed by atoms with E-state index < -0.39 is 0 Å². The molecule has 2 atom stereocenters. The van der Waals surface area contributed by atoms with Crippen LogP contribution in [-0.2, 0) is 0 Å². The van der Waals surface area contributed by atoms with Crippen molar-refractivity contribution in [2.45, 2.75) is 51.0 Å². The lowest BCUT2D eigenvalue weighted by molar-refractivity contribution is 0.0848. The number of aliphatic hydroxyl groups excluding tert-OH is 1. The van der Waals surface area contributed by atoms with Crippen molar-refractivity contribution in [3.05, 3.63) is 35.4 Å². The van der Waals surface area contributed by atoms with Crippen LogP contribution in [0.15, 0.2) is 24.3 Å². The van der Waals surface area contributed by atoms with Crippen LogP contribution >= 0.6 is 0 Å². The van der Waals surface area contributed by atoms with Gasteiger partial charge in [0.15, 0.2) is 0 Å². The quantitative estimate of drug-likeness (QED) is 0.857. The minimum Gasteiger partial charge on any atom is -0.388 e. The second kappa shape index (κ2) is 6.35. The first-order chi connectivity index (χ1) is 8.72. The average molecular weight is 247 g/mol. The zero-order valence-corrected chi connectivity index (χ0v) is 11.3. The molecular weight excluding hydrogens is 222 g/mol. The second-order valence-electron chi connectivity index (χ2n) is 5.65. The molecule has 2 unspecified atom stereocenters. The van der Waals surface area contributed by atoms with Crippen LogP contribution in [0.1, 0.15) is 62.2 Å². The molecule has 1 fully saturated rings.